The molecule has 1 aliphatic rings. The van der Waals surface area contributed by atoms with Gasteiger partial charge in [-0.3, -0.25) is 4.90 Å². The fourth-order valence-electron chi connectivity index (χ4n) is 2.85. The van der Waals surface area contributed by atoms with E-state index in [-0.39, 0.29) is 5.54 Å². The van der Waals surface area contributed by atoms with E-state index in [1.807, 2.05) is 28.9 Å². The molecule has 0 amide bonds. The first-order valence-electron chi connectivity index (χ1n) is 8.46. The third-order valence-electron chi connectivity index (χ3n) is 4.25. The molecule has 0 spiro atoms. The summed E-state index contributed by atoms with van der Waals surface area (Å²) in [6.45, 7) is 9.32. The van der Waals surface area contributed by atoms with E-state index in [4.69, 9.17) is 4.74 Å². The van der Waals surface area contributed by atoms with E-state index in [2.05, 4.69) is 58.1 Å². The number of ether oxygens (including phenoxy) is 1. The zero-order valence-corrected chi connectivity index (χ0v) is 16.2. The molecule has 1 aromatic carbocycles. The van der Waals surface area contributed by atoms with Gasteiger partial charge in [0.15, 0.2) is 0 Å². The van der Waals surface area contributed by atoms with Gasteiger partial charge in [0, 0.05) is 24.1 Å². The number of likely N-dealkylation sites (tertiary alicyclic amines) is 1. The van der Waals surface area contributed by atoms with Crippen LogP contribution >= 0.6 is 15.9 Å². The maximum atomic E-state index is 6.09. The van der Waals surface area contributed by atoms with Crippen LogP contribution in [0.3, 0.4) is 0 Å². The highest BCUT2D eigenvalue weighted by atomic mass is 79.9. The van der Waals surface area contributed by atoms with E-state index < -0.39 is 0 Å². The monoisotopic (exact) mass is 392 g/mol. The third-order valence-corrected chi connectivity index (χ3v) is 4.74. The van der Waals surface area contributed by atoms with Crippen LogP contribution in [0, 0.1) is 0 Å². The molecule has 0 aliphatic carbocycles. The maximum Gasteiger partial charge on any atom is 0.120 e. The van der Waals surface area contributed by atoms with Crippen molar-refractivity contribution >= 4 is 15.9 Å². The van der Waals surface area contributed by atoms with Crippen LogP contribution in [0.2, 0.25) is 0 Å². The summed E-state index contributed by atoms with van der Waals surface area (Å²) in [5, 5.41) is 8.55. The quantitative estimate of drug-likeness (QED) is 0.792. The normalized spacial score (nSPS) is 17.2. The third kappa shape index (κ3) is 4.57. The second-order valence-corrected chi connectivity index (χ2v) is 8.29. The largest absolute Gasteiger partial charge is 0.490 e. The Hall–Kier alpha value is -1.40. The van der Waals surface area contributed by atoms with Crippen molar-refractivity contribution in [3.05, 3.63) is 40.6 Å². The number of piperidine rings is 1. The zero-order valence-electron chi connectivity index (χ0n) is 14.6. The molecule has 0 radical (unpaired) electrons. The van der Waals surface area contributed by atoms with Crippen LogP contribution in [-0.4, -0.2) is 39.1 Å². The Labute approximate surface area is 152 Å². The predicted octanol–water partition coefficient (Wildman–Crippen LogP) is 3.84. The summed E-state index contributed by atoms with van der Waals surface area (Å²) < 4.78 is 9.09. The lowest BCUT2D eigenvalue weighted by atomic mass is 10.1. The van der Waals surface area contributed by atoms with Crippen molar-refractivity contribution in [2.24, 2.45) is 0 Å². The lowest BCUT2D eigenvalue weighted by Gasteiger charge is -2.31. The lowest BCUT2D eigenvalue weighted by Crippen LogP contribution is -2.37. The molecule has 6 heteroatoms. The van der Waals surface area contributed by atoms with Gasteiger partial charge in [0.25, 0.3) is 0 Å². The standard InChI is InChI=1S/C18H25BrN4O/c1-18(2,3)23-13-15(20-21-23)12-22-9-7-16(8-10-22)24-17-6-4-5-14(19)11-17/h4-6,11,13,16H,7-10,12H2,1-3H3. The highest BCUT2D eigenvalue weighted by Crippen LogP contribution is 2.23. The first-order chi connectivity index (χ1) is 11.4. The van der Waals surface area contributed by atoms with Gasteiger partial charge in [0.1, 0.15) is 11.9 Å². The molecule has 1 fully saturated rings. The molecule has 0 atom stereocenters. The van der Waals surface area contributed by atoms with Gasteiger partial charge in [-0.05, 0) is 51.8 Å². The van der Waals surface area contributed by atoms with E-state index in [0.717, 1.165) is 48.4 Å². The summed E-state index contributed by atoms with van der Waals surface area (Å²) in [6, 6.07) is 8.06. The van der Waals surface area contributed by atoms with Crippen molar-refractivity contribution in [1.82, 2.24) is 19.9 Å². The molecule has 3 rings (SSSR count). The number of aromatic nitrogens is 3. The number of hydrogen-bond donors (Lipinski definition) is 0. The zero-order chi connectivity index (χ0) is 17.2. The van der Waals surface area contributed by atoms with Crippen LogP contribution in [-0.2, 0) is 12.1 Å². The van der Waals surface area contributed by atoms with Crippen LogP contribution in [0.15, 0.2) is 34.9 Å². The molecule has 1 aromatic heterocycles. The summed E-state index contributed by atoms with van der Waals surface area (Å²) in [5.41, 5.74) is 1.02. The van der Waals surface area contributed by atoms with E-state index in [0.29, 0.717) is 6.10 Å². The minimum atomic E-state index is -0.0178. The Morgan fingerprint density at radius 3 is 2.62 bits per heavy atom. The first-order valence-corrected chi connectivity index (χ1v) is 9.26. The Kier molecular flexibility index (Phi) is 5.25. The van der Waals surface area contributed by atoms with Gasteiger partial charge in [-0.2, -0.15) is 0 Å². The van der Waals surface area contributed by atoms with Crippen LogP contribution < -0.4 is 4.74 Å². The highest BCUT2D eigenvalue weighted by molar-refractivity contribution is 9.10. The van der Waals surface area contributed by atoms with Crippen molar-refractivity contribution < 1.29 is 4.74 Å². The van der Waals surface area contributed by atoms with E-state index >= 15 is 0 Å². The first kappa shape index (κ1) is 17.4. The molecule has 0 unspecified atom stereocenters. The van der Waals surface area contributed by atoms with Crippen molar-refractivity contribution in [2.45, 2.75) is 51.8 Å². The molecule has 0 bridgehead atoms. The summed E-state index contributed by atoms with van der Waals surface area (Å²) in [4.78, 5) is 2.43. The van der Waals surface area contributed by atoms with Crippen LogP contribution in [0.1, 0.15) is 39.3 Å². The highest BCUT2D eigenvalue weighted by Gasteiger charge is 2.22. The molecule has 24 heavy (non-hydrogen) atoms. The second-order valence-electron chi connectivity index (χ2n) is 7.38. The van der Waals surface area contributed by atoms with Crippen molar-refractivity contribution in [3.8, 4) is 5.75 Å². The molecule has 130 valence electrons. The molecule has 2 aromatic rings. The van der Waals surface area contributed by atoms with E-state index in [9.17, 15) is 0 Å². The Bertz CT molecular complexity index is 672. The Morgan fingerprint density at radius 1 is 1.25 bits per heavy atom. The number of hydrogen-bond acceptors (Lipinski definition) is 4. The lowest BCUT2D eigenvalue weighted by molar-refractivity contribution is 0.0960. The van der Waals surface area contributed by atoms with Crippen molar-refractivity contribution in [2.75, 3.05) is 13.1 Å². The van der Waals surface area contributed by atoms with Crippen LogP contribution in [0.5, 0.6) is 5.75 Å². The minimum absolute atomic E-state index is 0.0178. The average molecular weight is 393 g/mol. The molecular formula is C18H25BrN4O. The Morgan fingerprint density at radius 2 is 2.00 bits per heavy atom. The number of halogens is 1. The fraction of sp³-hybridized carbons (Fsp3) is 0.556. The summed E-state index contributed by atoms with van der Waals surface area (Å²) >= 11 is 3.49. The summed E-state index contributed by atoms with van der Waals surface area (Å²) in [6.07, 6.45) is 4.44. The molecule has 1 aliphatic heterocycles. The number of nitrogens with zero attached hydrogens (tertiary/aromatic N) is 4. The number of benzene rings is 1. The SMILES string of the molecule is CC(C)(C)n1cc(CN2CCC(Oc3cccc(Br)c3)CC2)nn1. The maximum absolute atomic E-state index is 6.09. The minimum Gasteiger partial charge on any atom is -0.490 e. The van der Waals surface area contributed by atoms with Crippen LogP contribution in [0.25, 0.3) is 0 Å². The van der Waals surface area contributed by atoms with Gasteiger partial charge >= 0.3 is 0 Å². The fourth-order valence-corrected chi connectivity index (χ4v) is 3.22. The molecule has 0 N–H and O–H groups in total. The molecule has 2 heterocycles. The van der Waals surface area contributed by atoms with Gasteiger partial charge in [-0.1, -0.05) is 27.2 Å². The summed E-state index contributed by atoms with van der Waals surface area (Å²) in [7, 11) is 0. The van der Waals surface area contributed by atoms with E-state index in [1.54, 1.807) is 0 Å². The number of rotatable bonds is 4. The molecular weight excluding hydrogens is 368 g/mol. The van der Waals surface area contributed by atoms with Gasteiger partial charge in [-0.25, -0.2) is 4.68 Å². The smallest absolute Gasteiger partial charge is 0.120 e. The molecule has 0 saturated carbocycles. The summed E-state index contributed by atoms with van der Waals surface area (Å²) in [5.74, 6) is 0.941. The predicted molar refractivity (Wildman–Crippen MR) is 98.1 cm³/mol. The molecule has 1 saturated heterocycles. The van der Waals surface area contributed by atoms with Gasteiger partial charge in [0.05, 0.1) is 17.4 Å². The van der Waals surface area contributed by atoms with Gasteiger partial charge < -0.3 is 4.74 Å². The second kappa shape index (κ2) is 7.23. The van der Waals surface area contributed by atoms with Gasteiger partial charge in [0.2, 0.25) is 0 Å². The van der Waals surface area contributed by atoms with Crippen LogP contribution in [0.4, 0.5) is 0 Å². The van der Waals surface area contributed by atoms with E-state index in [1.165, 1.54) is 0 Å². The molecule has 5 nitrogen and oxygen atoms in total. The van der Waals surface area contributed by atoms with Gasteiger partial charge in [-0.15, -0.1) is 5.10 Å². The topological polar surface area (TPSA) is 43.2 Å². The van der Waals surface area contributed by atoms with Crippen molar-refractivity contribution in [1.29, 1.82) is 0 Å². The van der Waals surface area contributed by atoms with Crippen molar-refractivity contribution in [3.63, 3.8) is 0 Å². The Balaban J connectivity index is 1.49. The average Bonchev–Trinajstić information content (AvgIpc) is 2.98.